The van der Waals surface area contributed by atoms with Crippen molar-refractivity contribution in [2.45, 2.75) is 173 Å². The summed E-state index contributed by atoms with van der Waals surface area (Å²) in [6.07, 6.45) is -18.9. The summed E-state index contributed by atoms with van der Waals surface area (Å²) < 4.78 is 98.9. The van der Waals surface area contributed by atoms with Crippen molar-refractivity contribution in [3.8, 4) is 0 Å². The van der Waals surface area contributed by atoms with E-state index in [1.807, 2.05) is 91.0 Å². The van der Waals surface area contributed by atoms with Gasteiger partial charge in [0.2, 0.25) is 0 Å². The number of ether oxygens (including phenoxy) is 16. The highest BCUT2D eigenvalue weighted by molar-refractivity contribution is 5.69. The van der Waals surface area contributed by atoms with Crippen molar-refractivity contribution in [1.29, 1.82) is 0 Å². The molecule has 6 rings (SSSR count). The number of hydrogen-bond donors (Lipinski definition) is 0. The van der Waals surface area contributed by atoms with Gasteiger partial charge in [0, 0.05) is 48.5 Å². The molecule has 3 heterocycles. The van der Waals surface area contributed by atoms with Crippen molar-refractivity contribution in [3.63, 3.8) is 0 Å². The standard InChI is InChI=1S/C58H72O23/c1-9-10-20-27-66-56-53(71-30-43-25-18-13-19-26-43)50(70-29-42-23-16-12-17-24-42)47(69-28-41-21-14-11-15-22-41)44(78-56)33-72-57-54(76-39(7)64)52(75-38(6)63)49(46(79-57)32-68-35(3)60)81-58-55(77-40(8)65)51(74-37(5)62)48(73-36(4)61)45(80-58)31-67-34(2)59/h9,11-19,21-26,44-58H,1,10,20,27-33H2,2-8H3. The first-order valence-electron chi connectivity index (χ1n) is 26.5. The van der Waals surface area contributed by atoms with Crippen LogP contribution in [0.3, 0.4) is 0 Å². The normalized spacial score (nSPS) is 28.1. The van der Waals surface area contributed by atoms with Crippen LogP contribution in [0, 0.1) is 0 Å². The highest BCUT2D eigenvalue weighted by Crippen LogP contribution is 2.37. The van der Waals surface area contributed by atoms with Crippen molar-refractivity contribution < 1.29 is 109 Å². The molecule has 3 fully saturated rings. The van der Waals surface area contributed by atoms with E-state index in [1.165, 1.54) is 0 Å². The molecule has 15 atom stereocenters. The van der Waals surface area contributed by atoms with Gasteiger partial charge in [0.05, 0.1) is 33.0 Å². The minimum absolute atomic E-state index is 0.0695. The molecule has 23 nitrogen and oxygen atoms in total. The van der Waals surface area contributed by atoms with Crippen LogP contribution in [0.5, 0.6) is 0 Å². The van der Waals surface area contributed by atoms with E-state index < -0.39 is 154 Å². The van der Waals surface area contributed by atoms with Gasteiger partial charge in [-0.1, -0.05) is 97.1 Å². The topological polar surface area (TPSA) is 267 Å². The lowest BCUT2D eigenvalue weighted by Crippen LogP contribution is -2.67. The molecule has 0 bridgehead atoms. The molecule has 442 valence electrons. The molecule has 23 heteroatoms. The maximum atomic E-state index is 13.2. The Hall–Kier alpha value is -6.67. The van der Waals surface area contributed by atoms with Crippen LogP contribution in [-0.4, -0.2) is 160 Å². The first-order chi connectivity index (χ1) is 38.9. The summed E-state index contributed by atoms with van der Waals surface area (Å²) in [4.78, 5) is 89.1. The van der Waals surface area contributed by atoms with Crippen molar-refractivity contribution in [2.24, 2.45) is 0 Å². The van der Waals surface area contributed by atoms with Crippen LogP contribution in [0.25, 0.3) is 0 Å². The van der Waals surface area contributed by atoms with Crippen LogP contribution < -0.4 is 0 Å². The number of allylic oxidation sites excluding steroid dienone is 1. The molecule has 3 aliphatic heterocycles. The lowest BCUT2D eigenvalue weighted by atomic mass is 9.95. The van der Waals surface area contributed by atoms with Crippen LogP contribution in [0.4, 0.5) is 0 Å². The molecule has 0 aromatic heterocycles. The number of carbonyl (C=O) groups is 7. The van der Waals surface area contributed by atoms with Crippen LogP contribution in [0.1, 0.15) is 78.0 Å². The second kappa shape index (κ2) is 32.1. The van der Waals surface area contributed by atoms with Gasteiger partial charge in [-0.15, -0.1) is 6.58 Å². The smallest absolute Gasteiger partial charge is 0.303 e. The number of benzene rings is 3. The Morgan fingerprint density at radius 2 is 0.765 bits per heavy atom. The fourth-order valence-corrected chi connectivity index (χ4v) is 9.24. The maximum Gasteiger partial charge on any atom is 0.303 e. The number of unbranched alkanes of at least 4 members (excludes halogenated alkanes) is 1. The SMILES string of the molecule is C=CCCCOC1OC(COC2OC(COC(C)=O)C(OC3OC(COC(C)=O)C(OC(C)=O)C(OC(C)=O)C3OC(C)=O)C(OC(C)=O)C2OC(C)=O)C(OCc2ccccc2)C(OCc2ccccc2)C1OCc1ccccc1. The molecular weight excluding hydrogens is 1060 g/mol. The number of hydrogen-bond acceptors (Lipinski definition) is 23. The Labute approximate surface area is 469 Å². The van der Waals surface area contributed by atoms with E-state index in [1.54, 1.807) is 6.08 Å². The third-order valence-electron chi connectivity index (χ3n) is 12.6. The van der Waals surface area contributed by atoms with Crippen molar-refractivity contribution in [3.05, 3.63) is 120 Å². The van der Waals surface area contributed by atoms with Crippen LogP contribution in [0.2, 0.25) is 0 Å². The van der Waals surface area contributed by atoms with Gasteiger partial charge in [-0.3, -0.25) is 33.6 Å². The van der Waals surface area contributed by atoms with Gasteiger partial charge in [-0.25, -0.2) is 0 Å². The first-order valence-corrected chi connectivity index (χ1v) is 26.5. The van der Waals surface area contributed by atoms with Gasteiger partial charge < -0.3 is 75.8 Å². The largest absolute Gasteiger partial charge is 0.463 e. The zero-order valence-corrected chi connectivity index (χ0v) is 46.4. The monoisotopic (exact) mass is 1140 g/mol. The molecule has 0 N–H and O–H groups in total. The van der Waals surface area contributed by atoms with Crippen LogP contribution >= 0.6 is 0 Å². The molecule has 0 saturated carbocycles. The van der Waals surface area contributed by atoms with E-state index in [4.69, 9.17) is 75.8 Å². The fourth-order valence-electron chi connectivity index (χ4n) is 9.24. The van der Waals surface area contributed by atoms with Crippen molar-refractivity contribution in [1.82, 2.24) is 0 Å². The van der Waals surface area contributed by atoms with Crippen LogP contribution in [0.15, 0.2) is 104 Å². The van der Waals surface area contributed by atoms with E-state index >= 15 is 0 Å². The molecule has 81 heavy (non-hydrogen) atoms. The zero-order chi connectivity index (χ0) is 58.4. The summed E-state index contributed by atoms with van der Waals surface area (Å²) >= 11 is 0. The number of carbonyl (C=O) groups excluding carboxylic acids is 7. The van der Waals surface area contributed by atoms with Gasteiger partial charge in [0.15, 0.2) is 49.4 Å². The van der Waals surface area contributed by atoms with E-state index in [2.05, 4.69) is 6.58 Å². The van der Waals surface area contributed by atoms with Gasteiger partial charge in [-0.2, -0.15) is 0 Å². The minimum Gasteiger partial charge on any atom is -0.463 e. The maximum absolute atomic E-state index is 13.2. The molecule has 3 saturated heterocycles. The zero-order valence-electron chi connectivity index (χ0n) is 46.4. The summed E-state index contributed by atoms with van der Waals surface area (Å²) in [5.41, 5.74) is 2.53. The molecule has 3 aromatic carbocycles. The second-order valence-corrected chi connectivity index (χ2v) is 19.1. The van der Waals surface area contributed by atoms with E-state index in [0.29, 0.717) is 12.8 Å². The molecule has 3 aromatic rings. The molecule has 0 aliphatic carbocycles. The first kappa shape index (κ1) is 63.5. The average molecular weight is 1140 g/mol. The Balaban J connectivity index is 1.41. The van der Waals surface area contributed by atoms with Crippen LogP contribution in [-0.2, 0) is 129 Å². The fraction of sp³-hybridized carbons (Fsp3) is 0.534. The molecule has 3 aliphatic rings. The van der Waals surface area contributed by atoms with E-state index in [-0.39, 0.29) is 26.4 Å². The average Bonchev–Trinajstić information content (AvgIpc) is 3.55. The minimum atomic E-state index is -1.89. The third kappa shape index (κ3) is 19.8. The second-order valence-electron chi connectivity index (χ2n) is 19.1. The van der Waals surface area contributed by atoms with Gasteiger partial charge >= 0.3 is 41.8 Å². The van der Waals surface area contributed by atoms with Gasteiger partial charge in [0.25, 0.3) is 0 Å². The van der Waals surface area contributed by atoms with E-state index in [9.17, 15) is 33.6 Å². The third-order valence-corrected chi connectivity index (χ3v) is 12.6. The van der Waals surface area contributed by atoms with E-state index in [0.717, 1.165) is 65.2 Å². The van der Waals surface area contributed by atoms with Crippen molar-refractivity contribution in [2.75, 3.05) is 26.4 Å². The summed E-state index contributed by atoms with van der Waals surface area (Å²) in [6, 6.07) is 28.4. The van der Waals surface area contributed by atoms with Crippen molar-refractivity contribution >= 4 is 41.8 Å². The summed E-state index contributed by atoms with van der Waals surface area (Å²) in [5.74, 6) is -6.15. The molecule has 15 unspecified atom stereocenters. The Morgan fingerprint density at radius 3 is 1.22 bits per heavy atom. The predicted molar refractivity (Wildman–Crippen MR) is 278 cm³/mol. The lowest BCUT2D eigenvalue weighted by molar-refractivity contribution is -0.368. The molecular formula is C58H72O23. The quantitative estimate of drug-likeness (QED) is 0.0397. The Kier molecular flexibility index (Phi) is 25.2. The Bertz CT molecular complexity index is 2500. The molecule has 0 spiro atoms. The highest BCUT2D eigenvalue weighted by atomic mass is 16.8. The molecule has 0 radical (unpaired) electrons. The molecule has 0 amide bonds. The summed E-state index contributed by atoms with van der Waals surface area (Å²) in [6.45, 7) is 10.2. The highest BCUT2D eigenvalue weighted by Gasteiger charge is 2.58. The Morgan fingerprint density at radius 1 is 0.395 bits per heavy atom. The van der Waals surface area contributed by atoms with Gasteiger partial charge in [-0.05, 0) is 29.5 Å². The summed E-state index contributed by atoms with van der Waals surface area (Å²) in [7, 11) is 0. The predicted octanol–water partition coefficient (Wildman–Crippen LogP) is 5.09. The number of rotatable bonds is 28. The van der Waals surface area contributed by atoms with Gasteiger partial charge in [0.1, 0.15) is 55.9 Å². The number of esters is 7. The summed E-state index contributed by atoms with van der Waals surface area (Å²) in [5, 5.41) is 0. The lowest BCUT2D eigenvalue weighted by Gasteiger charge is -2.49.